The molecule has 0 saturated carbocycles. The summed E-state index contributed by atoms with van der Waals surface area (Å²) in [5, 5.41) is 16.0. The van der Waals surface area contributed by atoms with Gasteiger partial charge in [0.2, 0.25) is 0 Å². The van der Waals surface area contributed by atoms with Crippen LogP contribution in [-0.4, -0.2) is 22.5 Å². The molecule has 0 aliphatic heterocycles. The number of benzene rings is 1. The largest absolute Gasteiger partial charge is 0.494 e. The summed E-state index contributed by atoms with van der Waals surface area (Å²) >= 11 is 1.46. The molecule has 2 aromatic rings. The maximum Gasteiger partial charge on any atom is 0.188 e. The van der Waals surface area contributed by atoms with Gasteiger partial charge in [-0.25, -0.2) is 4.98 Å². The number of aryl methyl sites for hydroxylation is 1. The van der Waals surface area contributed by atoms with E-state index in [9.17, 15) is 0 Å². The summed E-state index contributed by atoms with van der Waals surface area (Å²) in [6.45, 7) is 6.25. The van der Waals surface area contributed by atoms with E-state index in [0.717, 1.165) is 27.1 Å². The molecule has 0 spiro atoms. The van der Waals surface area contributed by atoms with Gasteiger partial charge < -0.3 is 15.3 Å². The van der Waals surface area contributed by atoms with E-state index >= 15 is 0 Å². The number of hydrogen-bond acceptors (Lipinski definition) is 6. The van der Waals surface area contributed by atoms with E-state index in [-0.39, 0.29) is 0 Å². The smallest absolute Gasteiger partial charge is 0.188 e. The Morgan fingerprint density at radius 2 is 2.10 bits per heavy atom. The van der Waals surface area contributed by atoms with Gasteiger partial charge in [0.1, 0.15) is 5.75 Å². The number of aromatic nitrogens is 1. The van der Waals surface area contributed by atoms with Crippen molar-refractivity contribution in [1.29, 1.82) is 0 Å². The first-order chi connectivity index (χ1) is 9.63. The number of rotatable bonds is 5. The molecule has 106 valence electrons. The standard InChI is InChI=1S/C14H17N3O2S/c1-4-19-12-7-5-11(6-8-12)16-14-15-9(2)13(20-14)10(3)17-18/h5-8,18H,4H2,1-3H3,(H,15,16). The molecule has 0 radical (unpaired) electrons. The molecule has 1 heterocycles. The van der Waals surface area contributed by atoms with Gasteiger partial charge in [0.05, 0.1) is 22.9 Å². The van der Waals surface area contributed by atoms with E-state index in [1.54, 1.807) is 6.92 Å². The van der Waals surface area contributed by atoms with Gasteiger partial charge in [0, 0.05) is 5.69 Å². The molecule has 5 nitrogen and oxygen atoms in total. The van der Waals surface area contributed by atoms with Gasteiger partial charge in [-0.1, -0.05) is 16.5 Å². The number of nitrogens with one attached hydrogen (secondary N) is 1. The van der Waals surface area contributed by atoms with Crippen molar-refractivity contribution in [3.05, 3.63) is 34.8 Å². The van der Waals surface area contributed by atoms with Crippen LogP contribution in [0.25, 0.3) is 0 Å². The highest BCUT2D eigenvalue weighted by Gasteiger charge is 2.10. The first-order valence-corrected chi connectivity index (χ1v) is 7.12. The number of thiazole rings is 1. The van der Waals surface area contributed by atoms with E-state index in [2.05, 4.69) is 15.5 Å². The summed E-state index contributed by atoms with van der Waals surface area (Å²) < 4.78 is 5.40. The zero-order valence-electron chi connectivity index (χ0n) is 11.7. The minimum atomic E-state index is 0.569. The highest BCUT2D eigenvalue weighted by molar-refractivity contribution is 7.17. The maximum atomic E-state index is 8.83. The van der Waals surface area contributed by atoms with E-state index in [1.165, 1.54) is 11.3 Å². The zero-order valence-corrected chi connectivity index (χ0v) is 12.5. The average Bonchev–Trinajstić information content (AvgIpc) is 2.81. The second kappa shape index (κ2) is 6.38. The third-order valence-corrected chi connectivity index (χ3v) is 3.87. The molecule has 2 rings (SSSR count). The summed E-state index contributed by atoms with van der Waals surface area (Å²) in [5.41, 5.74) is 2.35. The second-order valence-electron chi connectivity index (χ2n) is 4.20. The van der Waals surface area contributed by atoms with Gasteiger partial charge in [-0.2, -0.15) is 0 Å². The van der Waals surface area contributed by atoms with Gasteiger partial charge in [-0.05, 0) is 45.0 Å². The molecule has 0 bridgehead atoms. The first-order valence-electron chi connectivity index (χ1n) is 6.30. The Bertz CT molecular complexity index is 605. The van der Waals surface area contributed by atoms with Crippen LogP contribution >= 0.6 is 11.3 Å². The van der Waals surface area contributed by atoms with Gasteiger partial charge in [-0.15, -0.1) is 0 Å². The molecule has 0 unspecified atom stereocenters. The average molecular weight is 291 g/mol. The lowest BCUT2D eigenvalue weighted by atomic mass is 10.3. The lowest BCUT2D eigenvalue weighted by Gasteiger charge is -2.05. The predicted molar refractivity (Wildman–Crippen MR) is 81.7 cm³/mol. The second-order valence-corrected chi connectivity index (χ2v) is 5.20. The van der Waals surface area contributed by atoms with Crippen molar-refractivity contribution in [3.63, 3.8) is 0 Å². The molecule has 0 saturated heterocycles. The molecule has 1 aromatic carbocycles. The summed E-state index contributed by atoms with van der Waals surface area (Å²) in [4.78, 5) is 5.29. The van der Waals surface area contributed by atoms with Crippen LogP contribution in [-0.2, 0) is 0 Å². The van der Waals surface area contributed by atoms with Crippen molar-refractivity contribution < 1.29 is 9.94 Å². The molecule has 2 N–H and O–H groups in total. The first kappa shape index (κ1) is 14.3. The fraction of sp³-hybridized carbons (Fsp3) is 0.286. The third-order valence-electron chi connectivity index (χ3n) is 2.69. The molecule has 0 aliphatic rings. The van der Waals surface area contributed by atoms with Crippen LogP contribution in [0.2, 0.25) is 0 Å². The molecular formula is C14H17N3O2S. The molecule has 20 heavy (non-hydrogen) atoms. The van der Waals surface area contributed by atoms with Crippen molar-refractivity contribution in [2.45, 2.75) is 20.8 Å². The third kappa shape index (κ3) is 3.27. The summed E-state index contributed by atoms with van der Waals surface area (Å²) in [7, 11) is 0. The number of ether oxygens (including phenoxy) is 1. The highest BCUT2D eigenvalue weighted by atomic mass is 32.1. The quantitative estimate of drug-likeness (QED) is 0.499. The van der Waals surface area contributed by atoms with E-state index in [0.29, 0.717) is 12.3 Å². The van der Waals surface area contributed by atoms with Gasteiger partial charge in [-0.3, -0.25) is 0 Å². The number of oxime groups is 1. The van der Waals surface area contributed by atoms with E-state index < -0.39 is 0 Å². The topological polar surface area (TPSA) is 66.7 Å². The Morgan fingerprint density at radius 3 is 2.70 bits per heavy atom. The Labute approximate surface area is 121 Å². The van der Waals surface area contributed by atoms with Crippen molar-refractivity contribution in [3.8, 4) is 5.75 Å². The van der Waals surface area contributed by atoms with Crippen molar-refractivity contribution in [2.24, 2.45) is 5.16 Å². The fourth-order valence-corrected chi connectivity index (χ4v) is 2.68. The van der Waals surface area contributed by atoms with Crippen LogP contribution in [0.3, 0.4) is 0 Å². The van der Waals surface area contributed by atoms with Gasteiger partial charge in [0.25, 0.3) is 0 Å². The number of hydrogen-bond donors (Lipinski definition) is 2. The SMILES string of the molecule is CCOc1ccc(Nc2nc(C)c(C(C)=NO)s2)cc1. The minimum Gasteiger partial charge on any atom is -0.494 e. The summed E-state index contributed by atoms with van der Waals surface area (Å²) in [6.07, 6.45) is 0. The summed E-state index contributed by atoms with van der Waals surface area (Å²) in [5.74, 6) is 0.845. The van der Waals surface area contributed by atoms with Crippen molar-refractivity contribution in [1.82, 2.24) is 4.98 Å². The van der Waals surface area contributed by atoms with Crippen LogP contribution in [0.15, 0.2) is 29.4 Å². The van der Waals surface area contributed by atoms with Crippen LogP contribution in [0.5, 0.6) is 5.75 Å². The molecular weight excluding hydrogens is 274 g/mol. The molecule has 1 aromatic heterocycles. The Morgan fingerprint density at radius 1 is 1.40 bits per heavy atom. The Balaban J connectivity index is 2.14. The lowest BCUT2D eigenvalue weighted by Crippen LogP contribution is -1.93. The number of nitrogens with zero attached hydrogens (tertiary/aromatic N) is 2. The summed E-state index contributed by atoms with van der Waals surface area (Å²) in [6, 6.07) is 7.70. The molecule has 0 amide bonds. The van der Waals surface area contributed by atoms with Crippen molar-refractivity contribution in [2.75, 3.05) is 11.9 Å². The normalized spacial score (nSPS) is 11.4. The van der Waals surface area contributed by atoms with Crippen LogP contribution in [0.1, 0.15) is 24.4 Å². The zero-order chi connectivity index (χ0) is 14.5. The van der Waals surface area contributed by atoms with Crippen LogP contribution < -0.4 is 10.1 Å². The van der Waals surface area contributed by atoms with Crippen molar-refractivity contribution >= 4 is 27.9 Å². The molecule has 0 aliphatic carbocycles. The Hall–Kier alpha value is -2.08. The molecule has 6 heteroatoms. The van der Waals surface area contributed by atoms with E-state index in [1.807, 2.05) is 38.1 Å². The van der Waals surface area contributed by atoms with E-state index in [4.69, 9.17) is 9.94 Å². The molecule has 0 atom stereocenters. The number of anilines is 2. The minimum absolute atomic E-state index is 0.569. The van der Waals surface area contributed by atoms with Crippen LogP contribution in [0.4, 0.5) is 10.8 Å². The monoisotopic (exact) mass is 291 g/mol. The highest BCUT2D eigenvalue weighted by Crippen LogP contribution is 2.27. The predicted octanol–water partition coefficient (Wildman–Crippen LogP) is 3.79. The van der Waals surface area contributed by atoms with Gasteiger partial charge >= 0.3 is 0 Å². The maximum absolute atomic E-state index is 8.83. The lowest BCUT2D eigenvalue weighted by molar-refractivity contribution is 0.319. The van der Waals surface area contributed by atoms with Gasteiger partial charge in [0.15, 0.2) is 5.13 Å². The fourth-order valence-electron chi connectivity index (χ4n) is 1.76. The Kier molecular flexibility index (Phi) is 4.57. The molecule has 0 fully saturated rings. The van der Waals surface area contributed by atoms with Crippen LogP contribution in [0, 0.1) is 6.92 Å².